The predicted molar refractivity (Wildman–Crippen MR) is 77.3 cm³/mol. The van der Waals surface area contributed by atoms with E-state index in [1.807, 2.05) is 18.2 Å². The molecule has 3 heteroatoms. The molecule has 0 spiro atoms. The second kappa shape index (κ2) is 5.38. The fraction of sp³-hybridized carbons (Fsp3) is 0.133. The summed E-state index contributed by atoms with van der Waals surface area (Å²) in [5.41, 5.74) is 2.54. The average Bonchev–Trinajstić information content (AvgIpc) is 2.89. The number of anilines is 1. The van der Waals surface area contributed by atoms with Crippen LogP contribution in [0.5, 0.6) is 0 Å². The third-order valence-corrected chi connectivity index (χ3v) is 5.29. The molecule has 0 aromatic heterocycles. The molecule has 0 bridgehead atoms. The summed E-state index contributed by atoms with van der Waals surface area (Å²) in [4.78, 5) is 5.21. The van der Waals surface area contributed by atoms with Crippen LogP contribution in [-0.4, -0.2) is 26.2 Å². The van der Waals surface area contributed by atoms with Gasteiger partial charge in [0, 0.05) is 0 Å². The van der Waals surface area contributed by atoms with Gasteiger partial charge in [-0.2, -0.15) is 0 Å². The summed E-state index contributed by atoms with van der Waals surface area (Å²) in [6.07, 6.45) is 0. The summed E-state index contributed by atoms with van der Waals surface area (Å²) < 4.78 is 1.16. The van der Waals surface area contributed by atoms with Crippen molar-refractivity contribution in [3.05, 3.63) is 66.2 Å². The average molecular weight is 301 g/mol. The van der Waals surface area contributed by atoms with Gasteiger partial charge in [-0.1, -0.05) is 0 Å². The van der Waals surface area contributed by atoms with E-state index in [2.05, 4.69) is 52.8 Å². The van der Waals surface area contributed by atoms with Crippen molar-refractivity contribution in [2.75, 3.05) is 11.9 Å². The zero-order valence-corrected chi connectivity index (χ0v) is 11.6. The standard InChI is InChI=1S/C15H14N2Se/c1-3-7-12(8-4-1)14-11-16-15(18-14)17-13-9-5-2-6-10-13/h1-10,14H,11H2,(H,16,17). The summed E-state index contributed by atoms with van der Waals surface area (Å²) in [7, 11) is 0. The number of nitrogens with zero attached hydrogens (tertiary/aromatic N) is 1. The van der Waals surface area contributed by atoms with Crippen molar-refractivity contribution in [2.45, 2.75) is 4.82 Å². The second-order valence-corrected chi connectivity index (χ2v) is 6.65. The Morgan fingerprint density at radius 2 is 1.61 bits per heavy atom. The fourth-order valence-corrected chi connectivity index (χ4v) is 4.11. The first kappa shape index (κ1) is 11.5. The topological polar surface area (TPSA) is 24.4 Å². The quantitative estimate of drug-likeness (QED) is 0.848. The van der Waals surface area contributed by atoms with Crippen LogP contribution in [0, 0.1) is 0 Å². The van der Waals surface area contributed by atoms with Gasteiger partial charge in [-0.3, -0.25) is 0 Å². The van der Waals surface area contributed by atoms with Crippen molar-refractivity contribution >= 4 is 25.4 Å². The van der Waals surface area contributed by atoms with E-state index in [1.165, 1.54) is 5.56 Å². The molecular weight excluding hydrogens is 287 g/mol. The Kier molecular flexibility index (Phi) is 3.44. The van der Waals surface area contributed by atoms with Gasteiger partial charge >= 0.3 is 113 Å². The molecule has 0 aliphatic carbocycles. The summed E-state index contributed by atoms with van der Waals surface area (Å²) in [5, 5.41) is 3.42. The van der Waals surface area contributed by atoms with E-state index < -0.39 is 0 Å². The SMILES string of the molecule is c1ccc(NC2=NCC(c3ccccc3)[Se]2)cc1. The molecule has 1 unspecified atom stereocenters. The molecule has 1 aliphatic heterocycles. The van der Waals surface area contributed by atoms with Crippen LogP contribution in [0.25, 0.3) is 0 Å². The number of aliphatic imine (C=N–C) groups is 1. The number of hydrogen-bond acceptors (Lipinski definition) is 2. The van der Waals surface area contributed by atoms with Gasteiger partial charge in [0.05, 0.1) is 0 Å². The van der Waals surface area contributed by atoms with Crippen molar-refractivity contribution in [2.24, 2.45) is 4.99 Å². The third kappa shape index (κ3) is 2.63. The first-order chi connectivity index (χ1) is 8.92. The van der Waals surface area contributed by atoms with Crippen molar-refractivity contribution in [1.29, 1.82) is 0 Å². The Balaban J connectivity index is 1.65. The molecule has 18 heavy (non-hydrogen) atoms. The molecule has 1 aliphatic rings. The molecule has 2 nitrogen and oxygen atoms in total. The van der Waals surface area contributed by atoms with Gasteiger partial charge in [-0.25, -0.2) is 0 Å². The zero-order valence-electron chi connectivity index (χ0n) is 9.91. The first-order valence-corrected chi connectivity index (χ1v) is 7.84. The first-order valence-electron chi connectivity index (χ1n) is 6.00. The van der Waals surface area contributed by atoms with Crippen LogP contribution >= 0.6 is 0 Å². The van der Waals surface area contributed by atoms with Gasteiger partial charge in [0.15, 0.2) is 0 Å². The molecule has 2 aromatic rings. The van der Waals surface area contributed by atoms with E-state index in [-0.39, 0.29) is 0 Å². The molecule has 1 atom stereocenters. The monoisotopic (exact) mass is 302 g/mol. The number of hydrogen-bond donors (Lipinski definition) is 1. The van der Waals surface area contributed by atoms with E-state index in [0.717, 1.165) is 17.0 Å². The molecule has 2 aromatic carbocycles. The number of rotatable bonds is 2. The Morgan fingerprint density at radius 3 is 2.33 bits per heavy atom. The van der Waals surface area contributed by atoms with Gasteiger partial charge < -0.3 is 0 Å². The van der Waals surface area contributed by atoms with Crippen molar-refractivity contribution in [3.8, 4) is 0 Å². The van der Waals surface area contributed by atoms with Crippen LogP contribution in [0.15, 0.2) is 65.7 Å². The van der Waals surface area contributed by atoms with Gasteiger partial charge in [0.2, 0.25) is 0 Å². The van der Waals surface area contributed by atoms with E-state index in [0.29, 0.717) is 19.8 Å². The van der Waals surface area contributed by atoms with Crippen molar-refractivity contribution in [3.63, 3.8) is 0 Å². The van der Waals surface area contributed by atoms with Gasteiger partial charge in [0.1, 0.15) is 0 Å². The zero-order chi connectivity index (χ0) is 12.2. The van der Waals surface area contributed by atoms with Crippen LogP contribution in [0.3, 0.4) is 0 Å². The molecule has 0 amide bonds. The van der Waals surface area contributed by atoms with E-state index in [1.54, 1.807) is 0 Å². The Labute approximate surface area is 113 Å². The van der Waals surface area contributed by atoms with Crippen LogP contribution in [-0.2, 0) is 0 Å². The molecule has 0 saturated carbocycles. The van der Waals surface area contributed by atoms with Gasteiger partial charge in [-0.05, 0) is 0 Å². The van der Waals surface area contributed by atoms with E-state index in [9.17, 15) is 0 Å². The predicted octanol–water partition coefficient (Wildman–Crippen LogP) is 2.91. The molecule has 3 rings (SSSR count). The maximum absolute atomic E-state index is 4.62. The summed E-state index contributed by atoms with van der Waals surface area (Å²) >= 11 is 0.400. The molecule has 0 fully saturated rings. The second-order valence-electron chi connectivity index (χ2n) is 4.15. The van der Waals surface area contributed by atoms with Crippen LogP contribution in [0.4, 0.5) is 5.69 Å². The van der Waals surface area contributed by atoms with Crippen LogP contribution in [0.2, 0.25) is 0 Å². The minimum absolute atomic E-state index is 0.400. The number of nitrogens with one attached hydrogen (secondary N) is 1. The number of benzene rings is 2. The van der Waals surface area contributed by atoms with Gasteiger partial charge in [-0.15, -0.1) is 0 Å². The van der Waals surface area contributed by atoms with Crippen molar-refractivity contribution in [1.82, 2.24) is 0 Å². The molecule has 90 valence electrons. The molecule has 1 N–H and O–H groups in total. The Hall–Kier alpha value is -1.57. The third-order valence-electron chi connectivity index (χ3n) is 2.85. The fourth-order valence-electron chi connectivity index (χ4n) is 1.93. The van der Waals surface area contributed by atoms with E-state index >= 15 is 0 Å². The Bertz CT molecular complexity index is 537. The Morgan fingerprint density at radius 1 is 0.944 bits per heavy atom. The summed E-state index contributed by atoms with van der Waals surface area (Å²) in [5.74, 6) is 0. The molecule has 0 saturated heterocycles. The minimum atomic E-state index is 0.400. The number of amidine groups is 1. The molecule has 0 radical (unpaired) electrons. The van der Waals surface area contributed by atoms with Crippen molar-refractivity contribution < 1.29 is 0 Å². The normalized spacial score (nSPS) is 18.4. The summed E-state index contributed by atoms with van der Waals surface area (Å²) in [6.45, 7) is 0.916. The summed E-state index contributed by atoms with van der Waals surface area (Å²) in [6, 6.07) is 20.9. The van der Waals surface area contributed by atoms with Crippen LogP contribution in [0.1, 0.15) is 10.4 Å². The van der Waals surface area contributed by atoms with E-state index in [4.69, 9.17) is 0 Å². The molecular formula is C15H14N2Se. The van der Waals surface area contributed by atoms with Crippen LogP contribution < -0.4 is 5.32 Å². The maximum atomic E-state index is 4.62. The molecule has 1 heterocycles. The van der Waals surface area contributed by atoms with Gasteiger partial charge in [0.25, 0.3) is 0 Å². The number of para-hydroxylation sites is 1.